The molecule has 0 aliphatic carbocycles. The van der Waals surface area contributed by atoms with Crippen LogP contribution in [-0.2, 0) is 14.8 Å². The fourth-order valence-electron chi connectivity index (χ4n) is 2.92. The van der Waals surface area contributed by atoms with E-state index in [0.717, 1.165) is 11.3 Å². The molecule has 1 amide bonds. The predicted octanol–water partition coefficient (Wildman–Crippen LogP) is 2.21. The summed E-state index contributed by atoms with van der Waals surface area (Å²) in [5, 5.41) is 2.86. The number of nitrogens with one attached hydrogen (secondary N) is 1. The third-order valence-electron chi connectivity index (χ3n) is 4.62. The van der Waals surface area contributed by atoms with Gasteiger partial charge in [-0.15, -0.1) is 0 Å². The molecule has 156 valence electrons. The van der Waals surface area contributed by atoms with Crippen LogP contribution in [0, 0.1) is 6.92 Å². The van der Waals surface area contributed by atoms with Crippen LogP contribution >= 0.6 is 0 Å². The van der Waals surface area contributed by atoms with E-state index in [-0.39, 0.29) is 16.8 Å². The summed E-state index contributed by atoms with van der Waals surface area (Å²) in [4.78, 5) is 12.6. The highest BCUT2D eigenvalue weighted by atomic mass is 32.2. The lowest BCUT2D eigenvalue weighted by Gasteiger charge is -2.26. The van der Waals surface area contributed by atoms with Crippen molar-refractivity contribution >= 4 is 15.9 Å². The van der Waals surface area contributed by atoms with Crippen molar-refractivity contribution in [2.75, 3.05) is 32.9 Å². The van der Waals surface area contributed by atoms with E-state index in [1.54, 1.807) is 0 Å². The van der Waals surface area contributed by atoms with Gasteiger partial charge < -0.3 is 14.8 Å². The van der Waals surface area contributed by atoms with Crippen molar-refractivity contribution in [3.63, 3.8) is 0 Å². The van der Waals surface area contributed by atoms with Gasteiger partial charge in [-0.3, -0.25) is 4.79 Å². The minimum Gasteiger partial charge on any atom is -0.491 e. The third-order valence-corrected chi connectivity index (χ3v) is 6.54. The van der Waals surface area contributed by atoms with E-state index in [9.17, 15) is 13.2 Å². The maximum absolute atomic E-state index is 12.6. The molecular weight excluding hydrogens is 392 g/mol. The predicted molar refractivity (Wildman–Crippen MR) is 110 cm³/mol. The highest BCUT2D eigenvalue weighted by Crippen LogP contribution is 2.18. The Morgan fingerprint density at radius 1 is 1.10 bits per heavy atom. The molecule has 0 radical (unpaired) electrons. The van der Waals surface area contributed by atoms with Crippen LogP contribution in [0.4, 0.5) is 0 Å². The Hall–Kier alpha value is -2.42. The van der Waals surface area contributed by atoms with Gasteiger partial charge >= 0.3 is 0 Å². The lowest BCUT2D eigenvalue weighted by Crippen LogP contribution is -2.40. The van der Waals surface area contributed by atoms with Gasteiger partial charge in [0.15, 0.2) is 0 Å². The number of morpholine rings is 1. The van der Waals surface area contributed by atoms with Gasteiger partial charge in [0.05, 0.1) is 24.2 Å². The molecule has 1 aliphatic heterocycles. The third kappa shape index (κ3) is 5.56. The van der Waals surface area contributed by atoms with Crippen LogP contribution in [0.2, 0.25) is 0 Å². The van der Waals surface area contributed by atoms with Gasteiger partial charge in [0.25, 0.3) is 5.91 Å². The fourth-order valence-corrected chi connectivity index (χ4v) is 4.33. The van der Waals surface area contributed by atoms with Gasteiger partial charge in [0.2, 0.25) is 10.0 Å². The average molecular weight is 419 g/mol. The minimum absolute atomic E-state index is 0.173. The van der Waals surface area contributed by atoms with Crippen molar-refractivity contribution in [3.05, 3.63) is 59.7 Å². The molecule has 29 heavy (non-hydrogen) atoms. The van der Waals surface area contributed by atoms with E-state index in [1.807, 2.05) is 38.1 Å². The first-order chi connectivity index (χ1) is 13.9. The number of amides is 1. The minimum atomic E-state index is -3.57. The van der Waals surface area contributed by atoms with E-state index in [4.69, 9.17) is 9.47 Å². The SMILES string of the molecule is Cc1ccc(OCC(C)NC(=O)c2ccc(S(=O)(=O)N3CCOCC3)cc2)cc1. The quantitative estimate of drug-likeness (QED) is 0.745. The summed E-state index contributed by atoms with van der Waals surface area (Å²) in [6.45, 7) is 5.64. The molecule has 2 aromatic carbocycles. The molecule has 1 aliphatic rings. The lowest BCUT2D eigenvalue weighted by atomic mass is 10.2. The number of aryl methyl sites for hydroxylation is 1. The first kappa shape index (κ1) is 21.3. The Labute approximate surface area is 171 Å². The zero-order valence-corrected chi connectivity index (χ0v) is 17.4. The van der Waals surface area contributed by atoms with E-state index in [1.165, 1.54) is 28.6 Å². The van der Waals surface area contributed by atoms with Crippen LogP contribution in [-0.4, -0.2) is 57.6 Å². The summed E-state index contributed by atoms with van der Waals surface area (Å²) < 4.78 is 37.6. The second kappa shape index (κ2) is 9.39. The Morgan fingerprint density at radius 2 is 1.72 bits per heavy atom. The number of nitrogens with zero attached hydrogens (tertiary/aromatic N) is 1. The number of hydrogen-bond acceptors (Lipinski definition) is 5. The summed E-state index contributed by atoms with van der Waals surface area (Å²) in [6, 6.07) is 13.5. The molecule has 1 fully saturated rings. The molecule has 1 unspecified atom stereocenters. The highest BCUT2D eigenvalue weighted by Gasteiger charge is 2.26. The summed E-state index contributed by atoms with van der Waals surface area (Å²) in [7, 11) is -3.57. The molecule has 1 N–H and O–H groups in total. The number of rotatable bonds is 7. The molecule has 3 rings (SSSR count). The molecule has 1 atom stereocenters. The normalized spacial score (nSPS) is 16.2. The number of carbonyl (C=O) groups is 1. The molecule has 0 aromatic heterocycles. The summed E-state index contributed by atoms with van der Waals surface area (Å²) >= 11 is 0. The van der Waals surface area contributed by atoms with Crippen molar-refractivity contribution in [2.45, 2.75) is 24.8 Å². The number of benzene rings is 2. The number of hydrogen-bond donors (Lipinski definition) is 1. The molecule has 2 aromatic rings. The van der Waals surface area contributed by atoms with E-state index >= 15 is 0 Å². The standard InChI is InChI=1S/C21H26N2O5S/c1-16-3-7-19(8-4-16)28-15-17(2)22-21(24)18-5-9-20(10-6-18)29(25,26)23-11-13-27-14-12-23/h3-10,17H,11-15H2,1-2H3,(H,22,24). The lowest BCUT2D eigenvalue weighted by molar-refractivity contribution is 0.0730. The summed E-state index contributed by atoms with van der Waals surface area (Å²) in [5.41, 5.74) is 1.55. The maximum atomic E-state index is 12.6. The molecule has 1 heterocycles. The van der Waals surface area contributed by atoms with Gasteiger partial charge in [-0.2, -0.15) is 4.31 Å². The highest BCUT2D eigenvalue weighted by molar-refractivity contribution is 7.89. The monoisotopic (exact) mass is 418 g/mol. The number of carbonyl (C=O) groups excluding carboxylic acids is 1. The van der Waals surface area contributed by atoms with Crippen molar-refractivity contribution in [1.82, 2.24) is 9.62 Å². The zero-order chi connectivity index (χ0) is 20.9. The molecule has 0 spiro atoms. The van der Waals surface area contributed by atoms with Crippen LogP contribution in [0.15, 0.2) is 53.4 Å². The smallest absolute Gasteiger partial charge is 0.251 e. The fraction of sp³-hybridized carbons (Fsp3) is 0.381. The summed E-state index contributed by atoms with van der Waals surface area (Å²) in [6.07, 6.45) is 0. The summed E-state index contributed by atoms with van der Waals surface area (Å²) in [5.74, 6) is 0.467. The van der Waals surface area contributed by atoms with E-state index < -0.39 is 10.0 Å². The van der Waals surface area contributed by atoms with Crippen molar-refractivity contribution in [3.8, 4) is 5.75 Å². The molecule has 0 saturated carbocycles. The topological polar surface area (TPSA) is 84.9 Å². The van der Waals surface area contributed by atoms with Crippen molar-refractivity contribution in [2.24, 2.45) is 0 Å². The zero-order valence-electron chi connectivity index (χ0n) is 16.6. The van der Waals surface area contributed by atoms with Crippen LogP contribution in [0.5, 0.6) is 5.75 Å². The second-order valence-electron chi connectivity index (χ2n) is 7.04. The molecule has 7 nitrogen and oxygen atoms in total. The van der Waals surface area contributed by atoms with Crippen LogP contribution in [0.3, 0.4) is 0 Å². The van der Waals surface area contributed by atoms with Gasteiger partial charge in [-0.25, -0.2) is 8.42 Å². The van der Waals surface area contributed by atoms with E-state index in [2.05, 4.69) is 5.32 Å². The maximum Gasteiger partial charge on any atom is 0.251 e. The second-order valence-corrected chi connectivity index (χ2v) is 8.98. The average Bonchev–Trinajstić information content (AvgIpc) is 2.74. The van der Waals surface area contributed by atoms with Crippen LogP contribution < -0.4 is 10.1 Å². The van der Waals surface area contributed by atoms with Gasteiger partial charge in [-0.1, -0.05) is 17.7 Å². The van der Waals surface area contributed by atoms with Gasteiger partial charge in [-0.05, 0) is 50.2 Å². The first-order valence-electron chi connectivity index (χ1n) is 9.54. The van der Waals surface area contributed by atoms with Crippen LogP contribution in [0.25, 0.3) is 0 Å². The Bertz CT molecular complexity index is 921. The van der Waals surface area contributed by atoms with Crippen molar-refractivity contribution < 1.29 is 22.7 Å². The molecule has 1 saturated heterocycles. The van der Waals surface area contributed by atoms with Crippen LogP contribution in [0.1, 0.15) is 22.8 Å². The Morgan fingerprint density at radius 3 is 2.34 bits per heavy atom. The first-order valence-corrected chi connectivity index (χ1v) is 11.0. The molecule has 8 heteroatoms. The van der Waals surface area contributed by atoms with E-state index in [0.29, 0.717) is 38.5 Å². The van der Waals surface area contributed by atoms with Gasteiger partial charge in [0.1, 0.15) is 12.4 Å². The molecule has 0 bridgehead atoms. The largest absolute Gasteiger partial charge is 0.491 e. The number of ether oxygens (including phenoxy) is 2. The Kier molecular flexibility index (Phi) is 6.89. The number of sulfonamides is 1. The molecular formula is C21H26N2O5S. The van der Waals surface area contributed by atoms with Gasteiger partial charge in [0, 0.05) is 18.7 Å². The van der Waals surface area contributed by atoms with Crippen molar-refractivity contribution in [1.29, 1.82) is 0 Å². The Balaban J connectivity index is 1.56.